The van der Waals surface area contributed by atoms with Crippen molar-refractivity contribution in [1.82, 2.24) is 10.6 Å². The van der Waals surface area contributed by atoms with Crippen LogP contribution in [0.2, 0.25) is 0 Å². The summed E-state index contributed by atoms with van der Waals surface area (Å²) in [6.07, 6.45) is 0.244. The second kappa shape index (κ2) is 2.49. The lowest BCUT2D eigenvalue weighted by molar-refractivity contribution is 0.129. The van der Waals surface area contributed by atoms with Crippen molar-refractivity contribution in [2.75, 3.05) is 0 Å². The minimum Gasteiger partial charge on any atom is -0.374 e. The van der Waals surface area contributed by atoms with Crippen LogP contribution in [0, 0.1) is 0 Å². The SMILES string of the molecule is C[C@@H]1C[C@@H](O)NC(=S)N1. The molecular formula is C5H10N2OS. The number of hydrogen-bond donors (Lipinski definition) is 3. The van der Waals surface area contributed by atoms with Crippen LogP contribution < -0.4 is 10.6 Å². The normalized spacial score (nSPS) is 35.1. The van der Waals surface area contributed by atoms with Crippen LogP contribution in [-0.4, -0.2) is 22.5 Å². The quantitative estimate of drug-likeness (QED) is 0.405. The lowest BCUT2D eigenvalue weighted by atomic mass is 10.2. The number of hydrogen-bond acceptors (Lipinski definition) is 2. The molecule has 0 aromatic heterocycles. The largest absolute Gasteiger partial charge is 0.374 e. The number of aliphatic hydroxyl groups excluding tert-OH is 1. The first-order valence-electron chi connectivity index (χ1n) is 2.93. The molecule has 0 amide bonds. The molecule has 0 spiro atoms. The number of rotatable bonds is 0. The van der Waals surface area contributed by atoms with Gasteiger partial charge in [-0.2, -0.15) is 0 Å². The summed E-state index contributed by atoms with van der Waals surface area (Å²) in [5.41, 5.74) is 0. The first-order chi connectivity index (χ1) is 4.18. The van der Waals surface area contributed by atoms with E-state index >= 15 is 0 Å². The zero-order chi connectivity index (χ0) is 6.85. The predicted octanol–water partition coefficient (Wildman–Crippen LogP) is -0.439. The van der Waals surface area contributed by atoms with E-state index < -0.39 is 6.23 Å². The Bertz CT molecular complexity index is 116. The van der Waals surface area contributed by atoms with Gasteiger partial charge in [-0.3, -0.25) is 0 Å². The third-order valence-electron chi connectivity index (χ3n) is 1.25. The third kappa shape index (κ3) is 1.80. The van der Waals surface area contributed by atoms with Crippen LogP contribution in [-0.2, 0) is 0 Å². The summed E-state index contributed by atoms with van der Waals surface area (Å²) in [7, 11) is 0. The Morgan fingerprint density at radius 2 is 2.33 bits per heavy atom. The van der Waals surface area contributed by atoms with E-state index in [0.29, 0.717) is 11.5 Å². The molecule has 3 N–H and O–H groups in total. The summed E-state index contributed by atoms with van der Waals surface area (Å²) >= 11 is 4.78. The molecule has 1 aliphatic heterocycles. The molecule has 0 saturated carbocycles. The molecule has 0 unspecified atom stereocenters. The average molecular weight is 146 g/mol. The Morgan fingerprint density at radius 3 is 2.78 bits per heavy atom. The highest BCUT2D eigenvalue weighted by Crippen LogP contribution is 1.99. The minimum atomic E-state index is -0.464. The second-order valence-corrected chi connectivity index (χ2v) is 2.68. The predicted molar refractivity (Wildman–Crippen MR) is 39.0 cm³/mol. The van der Waals surface area contributed by atoms with Crippen molar-refractivity contribution in [3.63, 3.8) is 0 Å². The fourth-order valence-corrected chi connectivity index (χ4v) is 1.21. The van der Waals surface area contributed by atoms with Gasteiger partial charge in [-0.05, 0) is 19.1 Å². The fourth-order valence-electron chi connectivity index (χ4n) is 0.870. The van der Waals surface area contributed by atoms with Gasteiger partial charge < -0.3 is 15.7 Å². The van der Waals surface area contributed by atoms with Crippen LogP contribution in [0.15, 0.2) is 0 Å². The third-order valence-corrected chi connectivity index (χ3v) is 1.49. The van der Waals surface area contributed by atoms with Gasteiger partial charge in [0.15, 0.2) is 5.11 Å². The lowest BCUT2D eigenvalue weighted by Gasteiger charge is -2.27. The van der Waals surface area contributed by atoms with Gasteiger partial charge in [0.2, 0.25) is 0 Å². The Morgan fingerprint density at radius 1 is 1.67 bits per heavy atom. The second-order valence-electron chi connectivity index (χ2n) is 2.27. The number of thiocarbonyl (C=S) groups is 1. The van der Waals surface area contributed by atoms with E-state index in [1.807, 2.05) is 6.92 Å². The Kier molecular flexibility index (Phi) is 1.87. The molecule has 1 rings (SSSR count). The first-order valence-corrected chi connectivity index (χ1v) is 3.34. The van der Waals surface area contributed by atoms with E-state index in [4.69, 9.17) is 17.3 Å². The van der Waals surface area contributed by atoms with Crippen molar-refractivity contribution in [3.8, 4) is 0 Å². The Labute approximate surface area is 59.4 Å². The summed E-state index contributed by atoms with van der Waals surface area (Å²) in [6, 6.07) is 0.286. The molecule has 9 heavy (non-hydrogen) atoms. The van der Waals surface area contributed by atoms with Crippen molar-refractivity contribution in [3.05, 3.63) is 0 Å². The van der Waals surface area contributed by atoms with Gasteiger partial charge in [0, 0.05) is 12.5 Å². The van der Waals surface area contributed by atoms with Crippen LogP contribution in [0.4, 0.5) is 0 Å². The number of aliphatic hydroxyl groups is 1. The Balaban J connectivity index is 2.43. The molecule has 3 nitrogen and oxygen atoms in total. The summed E-state index contributed by atoms with van der Waals surface area (Å²) in [6.45, 7) is 1.98. The highest BCUT2D eigenvalue weighted by molar-refractivity contribution is 7.80. The molecule has 0 aromatic carbocycles. The van der Waals surface area contributed by atoms with Crippen LogP contribution in [0.1, 0.15) is 13.3 Å². The van der Waals surface area contributed by atoms with E-state index in [-0.39, 0.29) is 6.04 Å². The van der Waals surface area contributed by atoms with Crippen LogP contribution in [0.25, 0.3) is 0 Å². The van der Waals surface area contributed by atoms with E-state index in [1.54, 1.807) is 0 Å². The fraction of sp³-hybridized carbons (Fsp3) is 0.800. The van der Waals surface area contributed by atoms with Gasteiger partial charge in [-0.25, -0.2) is 0 Å². The smallest absolute Gasteiger partial charge is 0.168 e. The molecule has 1 aliphatic rings. The van der Waals surface area contributed by atoms with E-state index in [2.05, 4.69) is 10.6 Å². The van der Waals surface area contributed by atoms with Crippen molar-refractivity contribution < 1.29 is 5.11 Å². The van der Waals surface area contributed by atoms with Crippen LogP contribution >= 0.6 is 12.2 Å². The van der Waals surface area contributed by atoms with Crippen LogP contribution in [0.5, 0.6) is 0 Å². The average Bonchev–Trinajstić information content (AvgIpc) is 1.59. The molecule has 0 bridgehead atoms. The summed E-state index contributed by atoms with van der Waals surface area (Å²) < 4.78 is 0. The molecule has 4 heteroatoms. The van der Waals surface area contributed by atoms with Gasteiger partial charge in [-0.1, -0.05) is 0 Å². The van der Waals surface area contributed by atoms with Gasteiger partial charge in [-0.15, -0.1) is 0 Å². The van der Waals surface area contributed by atoms with Gasteiger partial charge in [0.1, 0.15) is 6.23 Å². The monoisotopic (exact) mass is 146 g/mol. The van der Waals surface area contributed by atoms with E-state index in [1.165, 1.54) is 0 Å². The summed E-state index contributed by atoms with van der Waals surface area (Å²) in [4.78, 5) is 0. The maximum absolute atomic E-state index is 9.01. The highest BCUT2D eigenvalue weighted by atomic mass is 32.1. The summed E-state index contributed by atoms with van der Waals surface area (Å²) in [5.74, 6) is 0. The van der Waals surface area contributed by atoms with Crippen LogP contribution in [0.3, 0.4) is 0 Å². The standard InChI is InChI=1S/C5H10N2OS/c1-3-2-4(8)7-5(9)6-3/h3-4,8H,2H2,1H3,(H2,6,7,9)/t3-,4-/m1/s1. The van der Waals surface area contributed by atoms with E-state index in [0.717, 1.165) is 0 Å². The topological polar surface area (TPSA) is 44.3 Å². The molecular weight excluding hydrogens is 136 g/mol. The number of nitrogens with one attached hydrogen (secondary N) is 2. The van der Waals surface area contributed by atoms with Gasteiger partial charge in [0.25, 0.3) is 0 Å². The molecule has 1 fully saturated rings. The minimum absolute atomic E-state index is 0.286. The molecule has 0 aliphatic carbocycles. The van der Waals surface area contributed by atoms with Gasteiger partial charge in [0.05, 0.1) is 0 Å². The maximum Gasteiger partial charge on any atom is 0.168 e. The molecule has 2 atom stereocenters. The molecule has 1 heterocycles. The van der Waals surface area contributed by atoms with Crippen molar-refractivity contribution >= 4 is 17.3 Å². The zero-order valence-corrected chi connectivity index (χ0v) is 6.03. The van der Waals surface area contributed by atoms with Crippen molar-refractivity contribution in [2.45, 2.75) is 25.6 Å². The van der Waals surface area contributed by atoms with E-state index in [9.17, 15) is 0 Å². The molecule has 52 valence electrons. The Hall–Kier alpha value is -0.350. The van der Waals surface area contributed by atoms with Crippen molar-refractivity contribution in [2.24, 2.45) is 0 Å². The first kappa shape index (κ1) is 6.77. The molecule has 0 radical (unpaired) electrons. The summed E-state index contributed by atoms with van der Waals surface area (Å²) in [5, 5.41) is 15.2. The zero-order valence-electron chi connectivity index (χ0n) is 5.22. The molecule has 0 aromatic rings. The lowest BCUT2D eigenvalue weighted by Crippen LogP contribution is -2.53. The highest BCUT2D eigenvalue weighted by Gasteiger charge is 2.17. The van der Waals surface area contributed by atoms with Gasteiger partial charge >= 0.3 is 0 Å². The molecule has 1 saturated heterocycles. The maximum atomic E-state index is 9.01. The van der Waals surface area contributed by atoms with Crippen molar-refractivity contribution in [1.29, 1.82) is 0 Å².